The van der Waals surface area contributed by atoms with Gasteiger partial charge in [-0.15, -0.1) is 0 Å². The predicted octanol–water partition coefficient (Wildman–Crippen LogP) is 1.31. The molecule has 2 N–H and O–H groups in total. The van der Waals surface area contributed by atoms with Crippen LogP contribution in [0.3, 0.4) is 0 Å². The van der Waals surface area contributed by atoms with Crippen LogP contribution in [0.5, 0.6) is 0 Å². The molecule has 1 saturated carbocycles. The van der Waals surface area contributed by atoms with E-state index in [0.717, 1.165) is 0 Å². The van der Waals surface area contributed by atoms with E-state index in [4.69, 9.17) is 5.73 Å². The Bertz CT molecular complexity index is 507. The van der Waals surface area contributed by atoms with Gasteiger partial charge in [-0.2, -0.15) is 5.10 Å². The molecule has 1 aliphatic rings. The Hall–Kier alpha value is -1.56. The summed E-state index contributed by atoms with van der Waals surface area (Å²) in [7, 11) is 0. The van der Waals surface area contributed by atoms with Crippen LogP contribution in [0.25, 0.3) is 5.65 Å². The molecule has 0 atom stereocenters. The second-order valence-electron chi connectivity index (χ2n) is 4.32. The molecule has 3 rings (SSSR count). The lowest BCUT2D eigenvalue weighted by atomic mass is 9.72. The average molecular weight is 224 g/mol. The van der Waals surface area contributed by atoms with Crippen LogP contribution < -0.4 is 5.73 Å². The molecule has 2 heterocycles. The maximum Gasteiger partial charge on any atom is 0.252 e. The van der Waals surface area contributed by atoms with Crippen molar-refractivity contribution < 1.29 is 8.78 Å². The van der Waals surface area contributed by atoms with Crippen molar-refractivity contribution in [3.05, 3.63) is 30.2 Å². The van der Waals surface area contributed by atoms with E-state index in [-0.39, 0.29) is 12.8 Å². The minimum atomic E-state index is -2.65. The van der Waals surface area contributed by atoms with Crippen LogP contribution in [0.1, 0.15) is 18.5 Å². The van der Waals surface area contributed by atoms with Gasteiger partial charge in [0.15, 0.2) is 5.65 Å². The minimum Gasteiger partial charge on any atom is -0.320 e. The Morgan fingerprint density at radius 3 is 2.75 bits per heavy atom. The third-order valence-electron chi connectivity index (χ3n) is 2.89. The monoisotopic (exact) mass is 224 g/mol. The summed E-state index contributed by atoms with van der Waals surface area (Å²) in [6, 6.07) is 3.39. The summed E-state index contributed by atoms with van der Waals surface area (Å²) in [5, 5.41) is 4.17. The number of rotatable bonds is 1. The molecule has 1 fully saturated rings. The van der Waals surface area contributed by atoms with Crippen molar-refractivity contribution in [2.75, 3.05) is 0 Å². The van der Waals surface area contributed by atoms with Crippen molar-refractivity contribution in [3.8, 4) is 0 Å². The average Bonchev–Trinajstić information content (AvgIpc) is 2.57. The van der Waals surface area contributed by atoms with E-state index in [2.05, 4.69) is 10.1 Å². The highest BCUT2D eigenvalue weighted by atomic mass is 19.3. The Balaban J connectivity index is 2.01. The molecule has 1 aliphatic carbocycles. The summed E-state index contributed by atoms with van der Waals surface area (Å²) < 4.78 is 27.2. The van der Waals surface area contributed by atoms with Crippen molar-refractivity contribution in [2.24, 2.45) is 5.73 Å². The lowest BCUT2D eigenvalue weighted by Gasteiger charge is -2.43. The van der Waals surface area contributed by atoms with Crippen molar-refractivity contribution in [1.82, 2.24) is 14.6 Å². The van der Waals surface area contributed by atoms with Gasteiger partial charge in [0.25, 0.3) is 5.92 Å². The number of aromatic nitrogens is 3. The van der Waals surface area contributed by atoms with Gasteiger partial charge in [0.05, 0.1) is 11.2 Å². The van der Waals surface area contributed by atoms with Gasteiger partial charge in [-0.05, 0) is 6.07 Å². The maximum atomic E-state index is 12.8. The van der Waals surface area contributed by atoms with Crippen LogP contribution >= 0.6 is 0 Å². The normalized spacial score (nSPS) is 21.9. The fourth-order valence-corrected chi connectivity index (χ4v) is 2.13. The molecule has 0 radical (unpaired) electrons. The molecular formula is C10H10F2N4. The van der Waals surface area contributed by atoms with Gasteiger partial charge in [-0.1, -0.05) is 0 Å². The Morgan fingerprint density at radius 2 is 2.12 bits per heavy atom. The minimum absolute atomic E-state index is 0.343. The molecule has 84 valence electrons. The number of nitrogens with zero attached hydrogens (tertiary/aromatic N) is 3. The van der Waals surface area contributed by atoms with Gasteiger partial charge in [-0.25, -0.2) is 18.3 Å². The van der Waals surface area contributed by atoms with Crippen LogP contribution in [0, 0.1) is 0 Å². The molecule has 2 aromatic rings. The lowest BCUT2D eigenvalue weighted by Crippen LogP contribution is -2.55. The van der Waals surface area contributed by atoms with Gasteiger partial charge in [-0.3, -0.25) is 0 Å². The maximum absolute atomic E-state index is 12.8. The van der Waals surface area contributed by atoms with Crippen molar-refractivity contribution in [1.29, 1.82) is 0 Å². The number of hydrogen-bond donors (Lipinski definition) is 1. The quantitative estimate of drug-likeness (QED) is 0.794. The number of alkyl halides is 2. The van der Waals surface area contributed by atoms with E-state index >= 15 is 0 Å². The molecule has 0 saturated heterocycles. The zero-order chi connectivity index (χ0) is 11.4. The van der Waals surface area contributed by atoms with Gasteiger partial charge >= 0.3 is 0 Å². The number of nitrogens with two attached hydrogens (primary N) is 1. The first-order chi connectivity index (χ1) is 7.49. The fourth-order valence-electron chi connectivity index (χ4n) is 2.13. The lowest BCUT2D eigenvalue weighted by molar-refractivity contribution is -0.126. The molecule has 0 spiro atoms. The molecule has 16 heavy (non-hydrogen) atoms. The van der Waals surface area contributed by atoms with Gasteiger partial charge in [0, 0.05) is 31.3 Å². The summed E-state index contributed by atoms with van der Waals surface area (Å²) in [6.07, 6.45) is 2.65. The first-order valence-electron chi connectivity index (χ1n) is 4.96. The van der Waals surface area contributed by atoms with E-state index in [1.165, 1.54) is 0 Å². The number of halogens is 2. The molecule has 4 nitrogen and oxygen atoms in total. The van der Waals surface area contributed by atoms with Crippen LogP contribution in [-0.2, 0) is 5.54 Å². The van der Waals surface area contributed by atoms with Crippen molar-refractivity contribution in [2.45, 2.75) is 24.3 Å². The zero-order valence-electron chi connectivity index (χ0n) is 8.40. The Labute approximate surface area is 90.1 Å². The van der Waals surface area contributed by atoms with Crippen LogP contribution in [0.15, 0.2) is 24.5 Å². The summed E-state index contributed by atoms with van der Waals surface area (Å²) >= 11 is 0. The van der Waals surface area contributed by atoms with Gasteiger partial charge in [0.2, 0.25) is 0 Å². The van der Waals surface area contributed by atoms with E-state index in [0.29, 0.717) is 11.3 Å². The van der Waals surface area contributed by atoms with Crippen LogP contribution in [0.2, 0.25) is 0 Å². The number of fused-ring (bicyclic) bond motifs is 1. The highest BCUT2D eigenvalue weighted by Crippen LogP contribution is 2.49. The van der Waals surface area contributed by atoms with E-state index in [1.54, 1.807) is 29.0 Å². The highest BCUT2D eigenvalue weighted by molar-refractivity contribution is 5.41. The third-order valence-corrected chi connectivity index (χ3v) is 2.89. The Morgan fingerprint density at radius 1 is 1.38 bits per heavy atom. The molecule has 0 aromatic carbocycles. The summed E-state index contributed by atoms with van der Waals surface area (Å²) in [5.41, 5.74) is 5.98. The topological polar surface area (TPSA) is 56.2 Å². The van der Waals surface area contributed by atoms with Gasteiger partial charge in [0.1, 0.15) is 0 Å². The fraction of sp³-hybridized carbons (Fsp3) is 0.400. The SMILES string of the molecule is NC1(c2cc3ncccn3n2)CC(F)(F)C1. The van der Waals surface area contributed by atoms with E-state index in [1.807, 2.05) is 0 Å². The summed E-state index contributed by atoms with van der Waals surface area (Å²) in [6.45, 7) is 0. The zero-order valence-corrected chi connectivity index (χ0v) is 8.40. The van der Waals surface area contributed by atoms with E-state index in [9.17, 15) is 8.78 Å². The van der Waals surface area contributed by atoms with Crippen molar-refractivity contribution in [3.63, 3.8) is 0 Å². The largest absolute Gasteiger partial charge is 0.320 e. The standard InChI is InChI=1S/C10H10F2N4/c11-10(12)5-9(13,6-10)7-4-8-14-2-1-3-16(8)15-7/h1-4H,5-6,13H2. The Kier molecular flexibility index (Phi) is 1.67. The van der Waals surface area contributed by atoms with Gasteiger partial charge < -0.3 is 5.73 Å². The highest BCUT2D eigenvalue weighted by Gasteiger charge is 2.56. The second-order valence-corrected chi connectivity index (χ2v) is 4.32. The molecule has 0 unspecified atom stereocenters. The molecular weight excluding hydrogens is 214 g/mol. The van der Waals surface area contributed by atoms with E-state index < -0.39 is 11.5 Å². The van der Waals surface area contributed by atoms with Crippen LogP contribution in [0.4, 0.5) is 8.78 Å². The molecule has 6 heteroatoms. The molecule has 2 aromatic heterocycles. The predicted molar refractivity (Wildman–Crippen MR) is 53.0 cm³/mol. The van der Waals surface area contributed by atoms with Crippen molar-refractivity contribution >= 4 is 5.65 Å². The molecule has 0 amide bonds. The first-order valence-corrected chi connectivity index (χ1v) is 4.96. The first kappa shape index (κ1) is 9.65. The van der Waals surface area contributed by atoms with Crippen LogP contribution in [-0.4, -0.2) is 20.5 Å². The molecule has 0 aliphatic heterocycles. The number of hydrogen-bond acceptors (Lipinski definition) is 3. The summed E-state index contributed by atoms with van der Waals surface area (Å²) in [5.74, 6) is -2.65. The third kappa shape index (κ3) is 1.30. The smallest absolute Gasteiger partial charge is 0.252 e. The summed E-state index contributed by atoms with van der Waals surface area (Å²) in [4.78, 5) is 4.07. The second kappa shape index (κ2) is 2.76. The molecule has 0 bridgehead atoms.